The molecule has 0 saturated carbocycles. The summed E-state index contributed by atoms with van der Waals surface area (Å²) in [5, 5.41) is 21.1. The van der Waals surface area contributed by atoms with Gasteiger partial charge in [0.2, 0.25) is 5.91 Å². The van der Waals surface area contributed by atoms with E-state index in [1.165, 1.54) is 11.8 Å². The summed E-state index contributed by atoms with van der Waals surface area (Å²) in [7, 11) is 1.63. The van der Waals surface area contributed by atoms with Gasteiger partial charge in [0.25, 0.3) is 5.91 Å². The lowest BCUT2D eigenvalue weighted by Gasteiger charge is -2.22. The molecule has 228 valence electrons. The van der Waals surface area contributed by atoms with Gasteiger partial charge in [-0.3, -0.25) is 14.2 Å². The molecule has 1 unspecified atom stereocenters. The predicted octanol–water partition coefficient (Wildman–Crippen LogP) is 6.32. The zero-order chi connectivity index (χ0) is 31.2. The molecule has 3 aromatic carbocycles. The fraction of sp³-hybridized carbons (Fsp3) is 0.182. The van der Waals surface area contributed by atoms with Crippen LogP contribution in [0.5, 0.6) is 5.75 Å². The highest BCUT2D eigenvalue weighted by Crippen LogP contribution is 2.35. The zero-order valence-electron chi connectivity index (χ0n) is 24.3. The number of aromatic nitrogens is 3. The Hall–Kier alpha value is -4.45. The van der Waals surface area contributed by atoms with Crippen molar-refractivity contribution in [1.82, 2.24) is 25.1 Å². The minimum absolute atomic E-state index is 0.0763. The maximum atomic E-state index is 13.8. The number of hydrogen-bond donors (Lipinski definition) is 1. The predicted molar refractivity (Wildman–Crippen MR) is 177 cm³/mol. The van der Waals surface area contributed by atoms with Crippen molar-refractivity contribution in [2.24, 2.45) is 5.10 Å². The number of hydrogen-bond acceptors (Lipinski definition) is 8. The highest BCUT2D eigenvalue weighted by Gasteiger charge is 2.33. The standard InChI is InChI=1S/C33H29ClN6O3S2/c1-43-26-14-12-23(13-15-26)28-19-27(29-11-6-16-44-29)38-40(28)32(42)21-45-33-37-36-30(39(33)25-10-5-9-24(34)18-25)20-35-31(41)17-22-7-3-2-4-8-22/h2-16,18,28H,17,19-21H2,1H3,(H,35,41). The van der Waals surface area contributed by atoms with Crippen LogP contribution in [0.25, 0.3) is 5.69 Å². The second-order valence-corrected chi connectivity index (χ2v) is 12.5. The number of benzene rings is 3. The van der Waals surface area contributed by atoms with Crippen LogP contribution < -0.4 is 10.1 Å². The van der Waals surface area contributed by atoms with Crippen molar-refractivity contribution in [3.05, 3.63) is 123 Å². The molecule has 0 bridgehead atoms. The molecule has 0 spiro atoms. The number of amides is 2. The maximum Gasteiger partial charge on any atom is 0.253 e. The van der Waals surface area contributed by atoms with Crippen molar-refractivity contribution < 1.29 is 14.3 Å². The third-order valence-electron chi connectivity index (χ3n) is 7.21. The molecule has 2 aromatic heterocycles. The van der Waals surface area contributed by atoms with Crippen molar-refractivity contribution >= 4 is 52.2 Å². The summed E-state index contributed by atoms with van der Waals surface area (Å²) in [5.74, 6) is 1.04. The van der Waals surface area contributed by atoms with E-state index in [4.69, 9.17) is 21.4 Å². The second-order valence-electron chi connectivity index (χ2n) is 10.2. The highest BCUT2D eigenvalue weighted by atomic mass is 35.5. The van der Waals surface area contributed by atoms with Crippen LogP contribution >= 0.6 is 34.7 Å². The van der Waals surface area contributed by atoms with Gasteiger partial charge in [-0.1, -0.05) is 78.0 Å². The Bertz CT molecular complexity index is 1810. The molecule has 0 fully saturated rings. The summed E-state index contributed by atoms with van der Waals surface area (Å²) in [4.78, 5) is 27.5. The monoisotopic (exact) mass is 656 g/mol. The molecule has 1 aliphatic heterocycles. The fourth-order valence-electron chi connectivity index (χ4n) is 5.01. The van der Waals surface area contributed by atoms with E-state index in [-0.39, 0.29) is 36.6 Å². The molecule has 1 atom stereocenters. The Morgan fingerprint density at radius 1 is 1.02 bits per heavy atom. The summed E-state index contributed by atoms with van der Waals surface area (Å²) < 4.78 is 7.15. The first-order chi connectivity index (χ1) is 22.0. The van der Waals surface area contributed by atoms with E-state index in [1.807, 2.05) is 88.8 Å². The summed E-state index contributed by atoms with van der Waals surface area (Å²) >= 11 is 9.19. The first-order valence-corrected chi connectivity index (χ1v) is 16.4. The number of thioether (sulfide) groups is 1. The van der Waals surface area contributed by atoms with E-state index < -0.39 is 0 Å². The van der Waals surface area contributed by atoms with Crippen LogP contribution in [-0.4, -0.2) is 50.2 Å². The zero-order valence-corrected chi connectivity index (χ0v) is 26.7. The van der Waals surface area contributed by atoms with Gasteiger partial charge in [-0.25, -0.2) is 5.01 Å². The Labute approximate surface area is 273 Å². The highest BCUT2D eigenvalue weighted by molar-refractivity contribution is 7.99. The SMILES string of the molecule is COc1ccc(C2CC(c3cccs3)=NN2C(=O)CSc2nnc(CNC(=O)Cc3ccccc3)n2-c2cccc(Cl)c2)cc1. The van der Waals surface area contributed by atoms with Gasteiger partial charge in [0, 0.05) is 11.4 Å². The lowest BCUT2D eigenvalue weighted by atomic mass is 10.0. The van der Waals surface area contributed by atoms with Crippen molar-refractivity contribution in [3.8, 4) is 11.4 Å². The van der Waals surface area contributed by atoms with Crippen molar-refractivity contribution in [1.29, 1.82) is 0 Å². The van der Waals surface area contributed by atoms with Crippen LogP contribution in [0.15, 0.2) is 107 Å². The van der Waals surface area contributed by atoms with E-state index >= 15 is 0 Å². The summed E-state index contributed by atoms with van der Waals surface area (Å²) in [6.07, 6.45) is 0.857. The third-order valence-corrected chi connectivity index (χ3v) is 9.28. The first kappa shape index (κ1) is 30.6. The van der Waals surface area contributed by atoms with Crippen LogP contribution in [0.2, 0.25) is 5.02 Å². The lowest BCUT2D eigenvalue weighted by molar-refractivity contribution is -0.130. The number of carbonyl (C=O) groups is 2. The second kappa shape index (κ2) is 14.1. The summed E-state index contributed by atoms with van der Waals surface area (Å²) in [6.45, 7) is 0.153. The first-order valence-electron chi connectivity index (χ1n) is 14.2. The quantitative estimate of drug-likeness (QED) is 0.167. The minimum Gasteiger partial charge on any atom is -0.497 e. The Balaban J connectivity index is 1.21. The van der Waals surface area contributed by atoms with Gasteiger partial charge in [0.05, 0.1) is 48.1 Å². The minimum atomic E-state index is -0.248. The van der Waals surface area contributed by atoms with Crippen LogP contribution in [-0.2, 0) is 22.6 Å². The van der Waals surface area contributed by atoms with Gasteiger partial charge in [0.1, 0.15) is 5.75 Å². The molecule has 3 heterocycles. The molecule has 9 nitrogen and oxygen atoms in total. The summed E-state index contributed by atoms with van der Waals surface area (Å²) in [6, 6.07) is 28.3. The van der Waals surface area contributed by atoms with Crippen LogP contribution in [0.1, 0.15) is 34.3 Å². The van der Waals surface area contributed by atoms with E-state index in [1.54, 1.807) is 35.6 Å². The topological polar surface area (TPSA) is 102 Å². The van der Waals surface area contributed by atoms with Gasteiger partial charge in [-0.15, -0.1) is 21.5 Å². The lowest BCUT2D eigenvalue weighted by Crippen LogP contribution is -2.28. The van der Waals surface area contributed by atoms with Crippen LogP contribution in [0.4, 0.5) is 0 Å². The number of ether oxygens (including phenoxy) is 1. The number of nitrogens with one attached hydrogen (secondary N) is 1. The number of carbonyl (C=O) groups excluding carboxylic acids is 2. The van der Waals surface area contributed by atoms with Gasteiger partial charge in [0.15, 0.2) is 11.0 Å². The molecule has 5 aromatic rings. The van der Waals surface area contributed by atoms with Gasteiger partial charge < -0.3 is 10.1 Å². The van der Waals surface area contributed by atoms with E-state index in [9.17, 15) is 9.59 Å². The Kier molecular flexibility index (Phi) is 9.58. The maximum absolute atomic E-state index is 13.8. The molecular weight excluding hydrogens is 628 g/mol. The number of methoxy groups -OCH3 is 1. The number of rotatable bonds is 11. The molecular formula is C33H29ClN6O3S2. The number of hydrazone groups is 1. The molecule has 6 rings (SSSR count). The largest absolute Gasteiger partial charge is 0.497 e. The normalized spacial score (nSPS) is 14.3. The van der Waals surface area contributed by atoms with Gasteiger partial charge >= 0.3 is 0 Å². The fourth-order valence-corrected chi connectivity index (χ4v) is 6.74. The average Bonchev–Trinajstić information content (AvgIpc) is 3.83. The summed E-state index contributed by atoms with van der Waals surface area (Å²) in [5.41, 5.74) is 3.49. The van der Waals surface area contributed by atoms with Crippen LogP contribution in [0, 0.1) is 0 Å². The average molecular weight is 657 g/mol. The Morgan fingerprint density at radius 3 is 2.58 bits per heavy atom. The number of nitrogens with zero attached hydrogens (tertiary/aromatic N) is 5. The van der Waals surface area contributed by atoms with E-state index in [0.717, 1.165) is 33.2 Å². The molecule has 2 amide bonds. The van der Waals surface area contributed by atoms with E-state index in [2.05, 4.69) is 15.5 Å². The van der Waals surface area contributed by atoms with Crippen LogP contribution in [0.3, 0.4) is 0 Å². The van der Waals surface area contributed by atoms with Crippen molar-refractivity contribution in [2.75, 3.05) is 12.9 Å². The molecule has 1 N–H and O–H groups in total. The molecule has 45 heavy (non-hydrogen) atoms. The number of halogens is 1. The van der Waals surface area contributed by atoms with Gasteiger partial charge in [-0.05, 0) is 52.9 Å². The van der Waals surface area contributed by atoms with E-state index in [0.29, 0.717) is 22.4 Å². The smallest absolute Gasteiger partial charge is 0.253 e. The molecule has 0 aliphatic carbocycles. The molecule has 12 heteroatoms. The van der Waals surface area contributed by atoms with Crippen molar-refractivity contribution in [3.63, 3.8) is 0 Å². The molecule has 0 saturated heterocycles. The Morgan fingerprint density at radius 2 is 1.84 bits per heavy atom. The molecule has 0 radical (unpaired) electrons. The third kappa shape index (κ3) is 7.28. The number of thiophene rings is 1. The molecule has 1 aliphatic rings. The van der Waals surface area contributed by atoms with Gasteiger partial charge in [-0.2, -0.15) is 5.10 Å². The van der Waals surface area contributed by atoms with Crippen molar-refractivity contribution in [2.45, 2.75) is 30.6 Å².